The van der Waals surface area contributed by atoms with Gasteiger partial charge in [-0.15, -0.1) is 0 Å². The van der Waals surface area contributed by atoms with E-state index in [0.29, 0.717) is 12.8 Å². The zero-order valence-corrected chi connectivity index (χ0v) is 11.7. The summed E-state index contributed by atoms with van der Waals surface area (Å²) in [5, 5.41) is 15.0. The monoisotopic (exact) mass is 294 g/mol. The predicted octanol–water partition coefficient (Wildman–Crippen LogP) is 1.58. The van der Waals surface area contributed by atoms with Crippen LogP contribution in [0.2, 0.25) is 0 Å². The first-order valence-electron chi connectivity index (χ1n) is 7.06. The van der Waals surface area contributed by atoms with Gasteiger partial charge in [0.05, 0.1) is 5.60 Å². The lowest BCUT2D eigenvalue weighted by Gasteiger charge is -2.31. The number of hydrogen-bond donors (Lipinski definition) is 3. The van der Waals surface area contributed by atoms with E-state index < -0.39 is 23.2 Å². The number of hydrogen-bond acceptors (Lipinski definition) is 3. The molecule has 2 rings (SSSR count). The largest absolute Gasteiger partial charge is 0.388 e. The molecule has 1 saturated carbocycles. The molecule has 0 saturated heterocycles. The molecule has 0 aromatic heterocycles. The van der Waals surface area contributed by atoms with Gasteiger partial charge in [-0.1, -0.05) is 25.3 Å². The fraction of sp³-hybridized carbons (Fsp3) is 0.467. The minimum absolute atomic E-state index is 0.0579. The van der Waals surface area contributed by atoms with E-state index in [-0.39, 0.29) is 12.2 Å². The van der Waals surface area contributed by atoms with Crippen LogP contribution in [-0.2, 0) is 9.59 Å². The first kappa shape index (κ1) is 15.4. The average Bonchev–Trinajstić information content (AvgIpc) is 2.45. The molecule has 0 atom stereocenters. The van der Waals surface area contributed by atoms with E-state index in [9.17, 15) is 19.1 Å². The molecule has 0 spiro atoms. The first-order valence-corrected chi connectivity index (χ1v) is 7.06. The summed E-state index contributed by atoms with van der Waals surface area (Å²) in [7, 11) is 0. The quantitative estimate of drug-likeness (QED) is 0.741. The molecule has 0 heterocycles. The van der Waals surface area contributed by atoms with Crippen molar-refractivity contribution in [2.24, 2.45) is 0 Å². The fourth-order valence-corrected chi connectivity index (χ4v) is 2.47. The molecular weight excluding hydrogens is 275 g/mol. The number of carbonyl (C=O) groups excluding carboxylic acids is 2. The maximum absolute atomic E-state index is 13.0. The van der Waals surface area contributed by atoms with E-state index in [0.717, 1.165) is 25.3 Å². The van der Waals surface area contributed by atoms with Crippen molar-refractivity contribution in [2.75, 3.05) is 11.9 Å². The van der Waals surface area contributed by atoms with Crippen LogP contribution in [0.5, 0.6) is 0 Å². The van der Waals surface area contributed by atoms with E-state index in [1.807, 2.05) is 0 Å². The highest BCUT2D eigenvalue weighted by Crippen LogP contribution is 2.27. The molecule has 2 amide bonds. The van der Waals surface area contributed by atoms with Crippen molar-refractivity contribution in [3.05, 3.63) is 30.1 Å². The van der Waals surface area contributed by atoms with Gasteiger partial charge in [-0.05, 0) is 31.0 Å². The highest BCUT2D eigenvalue weighted by atomic mass is 19.1. The van der Waals surface area contributed by atoms with E-state index in [1.54, 1.807) is 0 Å². The highest BCUT2D eigenvalue weighted by Gasteiger charge is 2.30. The molecule has 1 aliphatic rings. The Morgan fingerprint density at radius 2 is 1.90 bits per heavy atom. The number of amides is 2. The SMILES string of the molecule is O=C(NCC1(O)CCCCC1)C(=O)Nc1cccc(F)c1. The third kappa shape index (κ3) is 4.53. The van der Waals surface area contributed by atoms with Crippen LogP contribution in [0.3, 0.4) is 0 Å². The topological polar surface area (TPSA) is 78.4 Å². The molecule has 114 valence electrons. The molecule has 1 fully saturated rings. The summed E-state index contributed by atoms with van der Waals surface area (Å²) in [6.45, 7) is 0.0579. The second-order valence-corrected chi connectivity index (χ2v) is 5.43. The van der Waals surface area contributed by atoms with Gasteiger partial charge >= 0.3 is 11.8 Å². The zero-order valence-electron chi connectivity index (χ0n) is 11.7. The van der Waals surface area contributed by atoms with E-state index in [2.05, 4.69) is 10.6 Å². The number of halogens is 1. The number of carbonyl (C=O) groups is 2. The summed E-state index contributed by atoms with van der Waals surface area (Å²) >= 11 is 0. The molecule has 1 aromatic rings. The summed E-state index contributed by atoms with van der Waals surface area (Å²) in [4.78, 5) is 23.4. The molecule has 6 heteroatoms. The zero-order chi connectivity index (χ0) is 15.3. The molecule has 1 aromatic carbocycles. The summed E-state index contributed by atoms with van der Waals surface area (Å²) in [5.74, 6) is -2.21. The standard InChI is InChI=1S/C15H19FN2O3/c16-11-5-4-6-12(9-11)18-14(20)13(19)17-10-15(21)7-2-1-3-8-15/h4-6,9,21H,1-3,7-8,10H2,(H,17,19)(H,18,20). The Labute approximate surface area is 122 Å². The summed E-state index contributed by atoms with van der Waals surface area (Å²) in [5.41, 5.74) is -0.709. The van der Waals surface area contributed by atoms with Gasteiger partial charge in [0.2, 0.25) is 0 Å². The summed E-state index contributed by atoms with van der Waals surface area (Å²) in [6, 6.07) is 5.30. The Morgan fingerprint density at radius 3 is 2.57 bits per heavy atom. The van der Waals surface area contributed by atoms with Gasteiger partial charge in [-0.3, -0.25) is 9.59 Å². The molecule has 1 aliphatic carbocycles. The summed E-state index contributed by atoms with van der Waals surface area (Å²) < 4.78 is 13.0. The number of aliphatic hydroxyl groups is 1. The number of benzene rings is 1. The van der Waals surface area contributed by atoms with Crippen LogP contribution in [0.1, 0.15) is 32.1 Å². The third-order valence-electron chi connectivity index (χ3n) is 3.65. The van der Waals surface area contributed by atoms with Gasteiger partial charge in [0.25, 0.3) is 0 Å². The molecule has 0 unspecified atom stereocenters. The Morgan fingerprint density at radius 1 is 1.19 bits per heavy atom. The molecule has 0 aliphatic heterocycles. The van der Waals surface area contributed by atoms with Crippen LogP contribution in [0, 0.1) is 5.82 Å². The van der Waals surface area contributed by atoms with Crippen LogP contribution in [0.15, 0.2) is 24.3 Å². The van der Waals surface area contributed by atoms with E-state index in [4.69, 9.17) is 0 Å². The van der Waals surface area contributed by atoms with Crippen LogP contribution in [-0.4, -0.2) is 29.1 Å². The fourth-order valence-electron chi connectivity index (χ4n) is 2.47. The lowest BCUT2D eigenvalue weighted by atomic mass is 9.85. The van der Waals surface area contributed by atoms with Crippen molar-refractivity contribution in [3.63, 3.8) is 0 Å². The van der Waals surface area contributed by atoms with Crippen molar-refractivity contribution < 1.29 is 19.1 Å². The second kappa shape index (κ2) is 6.67. The maximum atomic E-state index is 13.0. The van der Waals surface area contributed by atoms with E-state index >= 15 is 0 Å². The highest BCUT2D eigenvalue weighted by molar-refractivity contribution is 6.39. The van der Waals surface area contributed by atoms with Crippen molar-refractivity contribution in [3.8, 4) is 0 Å². The van der Waals surface area contributed by atoms with Gasteiger partial charge < -0.3 is 15.7 Å². The third-order valence-corrected chi connectivity index (χ3v) is 3.65. The molecule has 0 radical (unpaired) electrons. The normalized spacial score (nSPS) is 17.0. The maximum Gasteiger partial charge on any atom is 0.313 e. The number of rotatable bonds is 3. The van der Waals surface area contributed by atoms with Gasteiger partial charge in [-0.2, -0.15) is 0 Å². The van der Waals surface area contributed by atoms with Crippen LogP contribution >= 0.6 is 0 Å². The Balaban J connectivity index is 1.84. The van der Waals surface area contributed by atoms with Crippen molar-refractivity contribution in [1.29, 1.82) is 0 Å². The Hall–Kier alpha value is -1.95. The summed E-state index contributed by atoms with van der Waals surface area (Å²) in [6.07, 6.45) is 4.16. The average molecular weight is 294 g/mol. The second-order valence-electron chi connectivity index (χ2n) is 5.43. The molecule has 0 bridgehead atoms. The minimum Gasteiger partial charge on any atom is -0.388 e. The molecule has 21 heavy (non-hydrogen) atoms. The predicted molar refractivity (Wildman–Crippen MR) is 76.1 cm³/mol. The lowest BCUT2D eigenvalue weighted by molar-refractivity contribution is -0.137. The van der Waals surface area contributed by atoms with Gasteiger partial charge in [0, 0.05) is 12.2 Å². The molecular formula is C15H19FN2O3. The van der Waals surface area contributed by atoms with Crippen LogP contribution in [0.25, 0.3) is 0 Å². The Kier molecular flexibility index (Phi) is 4.90. The van der Waals surface area contributed by atoms with Crippen molar-refractivity contribution in [1.82, 2.24) is 5.32 Å². The van der Waals surface area contributed by atoms with E-state index in [1.165, 1.54) is 18.2 Å². The Bertz CT molecular complexity index is 527. The van der Waals surface area contributed by atoms with Gasteiger partial charge in [0.1, 0.15) is 5.82 Å². The van der Waals surface area contributed by atoms with Crippen molar-refractivity contribution in [2.45, 2.75) is 37.7 Å². The van der Waals surface area contributed by atoms with Crippen molar-refractivity contribution >= 4 is 17.5 Å². The molecule has 3 N–H and O–H groups in total. The van der Waals surface area contributed by atoms with Gasteiger partial charge in [-0.25, -0.2) is 4.39 Å². The first-order chi connectivity index (χ1) is 9.98. The van der Waals surface area contributed by atoms with Gasteiger partial charge in [0.15, 0.2) is 0 Å². The molecule has 5 nitrogen and oxygen atoms in total. The number of nitrogens with one attached hydrogen (secondary N) is 2. The smallest absolute Gasteiger partial charge is 0.313 e. The number of anilines is 1. The lowest BCUT2D eigenvalue weighted by Crippen LogP contribution is -2.47. The minimum atomic E-state index is -0.924. The van der Waals surface area contributed by atoms with Crippen LogP contribution in [0.4, 0.5) is 10.1 Å². The van der Waals surface area contributed by atoms with Crippen LogP contribution < -0.4 is 10.6 Å².